The molecule has 1 aromatic carbocycles. The smallest absolute Gasteiger partial charge is 0.251 e. The highest BCUT2D eigenvalue weighted by atomic mass is 79.9. The maximum Gasteiger partial charge on any atom is 0.251 e. The maximum atomic E-state index is 12.8. The van der Waals surface area contributed by atoms with E-state index >= 15 is 0 Å². The Morgan fingerprint density at radius 3 is 2.50 bits per heavy atom. The van der Waals surface area contributed by atoms with Crippen LogP contribution in [0, 0.1) is 0 Å². The number of rotatable bonds is 7. The summed E-state index contributed by atoms with van der Waals surface area (Å²) in [7, 11) is -3.17. The number of hydrogen-bond donors (Lipinski definition) is 1. The molecule has 0 aromatic heterocycles. The van der Waals surface area contributed by atoms with Gasteiger partial charge in [-0.15, -0.1) is 0 Å². The summed E-state index contributed by atoms with van der Waals surface area (Å²) in [6.07, 6.45) is 4.82. The fraction of sp³-hybridized carbons (Fsp3) is 0.682. The third-order valence-electron chi connectivity index (χ3n) is 6.62. The maximum absolute atomic E-state index is 12.8. The first kappa shape index (κ1) is 23.7. The summed E-state index contributed by atoms with van der Waals surface area (Å²) in [5.41, 5.74) is 0.499. The Bertz CT molecular complexity index is 812. The lowest BCUT2D eigenvalue weighted by Crippen LogP contribution is -2.67. The van der Waals surface area contributed by atoms with E-state index in [4.69, 9.17) is 0 Å². The largest absolute Gasteiger partial charge is 0.348 e. The average molecular weight is 501 g/mol. The Morgan fingerprint density at radius 1 is 1.23 bits per heavy atom. The summed E-state index contributed by atoms with van der Waals surface area (Å²) < 4.78 is 26.6. The van der Waals surface area contributed by atoms with Gasteiger partial charge in [-0.3, -0.25) is 9.69 Å². The number of sulfonamides is 1. The second-order valence-corrected chi connectivity index (χ2v) is 11.9. The van der Waals surface area contributed by atoms with Gasteiger partial charge in [-0.1, -0.05) is 47.5 Å². The van der Waals surface area contributed by atoms with Crippen molar-refractivity contribution in [3.8, 4) is 0 Å². The van der Waals surface area contributed by atoms with E-state index < -0.39 is 10.0 Å². The SMILES string of the molecule is CCCS(=O)(=O)N1CCN(C2(C(C)NC(=O)c3ccccc3)CCCC(Br)C2)CC1. The monoisotopic (exact) mass is 499 g/mol. The number of amides is 1. The second-order valence-electron chi connectivity index (χ2n) is 8.56. The molecule has 1 saturated carbocycles. The Morgan fingerprint density at radius 2 is 1.90 bits per heavy atom. The minimum Gasteiger partial charge on any atom is -0.348 e. The van der Waals surface area contributed by atoms with Gasteiger partial charge in [-0.05, 0) is 44.7 Å². The van der Waals surface area contributed by atoms with Gasteiger partial charge in [0, 0.05) is 48.2 Å². The van der Waals surface area contributed by atoms with Gasteiger partial charge in [-0.2, -0.15) is 4.31 Å². The molecule has 0 bridgehead atoms. The predicted octanol–water partition coefficient (Wildman–Crippen LogP) is 3.24. The van der Waals surface area contributed by atoms with E-state index in [1.807, 2.05) is 37.3 Å². The van der Waals surface area contributed by atoms with Crippen LogP contribution in [0.15, 0.2) is 30.3 Å². The number of hydrogen-bond acceptors (Lipinski definition) is 4. The summed E-state index contributed by atoms with van der Waals surface area (Å²) in [5.74, 6) is 0.161. The van der Waals surface area contributed by atoms with E-state index in [2.05, 4.69) is 33.1 Å². The molecular formula is C22H34BrN3O3S. The van der Waals surface area contributed by atoms with Crippen LogP contribution in [0.1, 0.15) is 56.3 Å². The molecule has 2 aliphatic rings. The molecule has 1 amide bonds. The summed E-state index contributed by atoms with van der Waals surface area (Å²) in [6.45, 7) is 6.46. The van der Waals surface area contributed by atoms with Crippen molar-refractivity contribution >= 4 is 31.9 Å². The first-order valence-corrected chi connectivity index (χ1v) is 13.5. The molecule has 1 aromatic rings. The number of nitrogens with zero attached hydrogens (tertiary/aromatic N) is 2. The molecule has 1 aliphatic carbocycles. The van der Waals surface area contributed by atoms with Crippen molar-refractivity contribution in [1.82, 2.24) is 14.5 Å². The Labute approximate surface area is 189 Å². The zero-order valence-electron chi connectivity index (χ0n) is 18.0. The van der Waals surface area contributed by atoms with Crippen LogP contribution in [-0.4, -0.2) is 71.9 Å². The molecule has 3 atom stereocenters. The lowest BCUT2D eigenvalue weighted by Gasteiger charge is -2.53. The fourth-order valence-corrected chi connectivity index (χ4v) is 7.35. The minimum atomic E-state index is -3.17. The summed E-state index contributed by atoms with van der Waals surface area (Å²) in [5, 5.41) is 3.25. The van der Waals surface area contributed by atoms with E-state index in [0.717, 1.165) is 25.7 Å². The normalized spacial score (nSPS) is 27.5. The van der Waals surface area contributed by atoms with Gasteiger partial charge in [0.15, 0.2) is 0 Å². The van der Waals surface area contributed by atoms with Crippen LogP contribution in [0.5, 0.6) is 0 Å². The molecule has 8 heteroatoms. The van der Waals surface area contributed by atoms with Crippen LogP contribution in [0.2, 0.25) is 0 Å². The topological polar surface area (TPSA) is 69.7 Å². The van der Waals surface area contributed by atoms with Crippen molar-refractivity contribution in [3.63, 3.8) is 0 Å². The highest BCUT2D eigenvalue weighted by molar-refractivity contribution is 9.09. The molecule has 2 fully saturated rings. The van der Waals surface area contributed by atoms with Crippen LogP contribution in [0.4, 0.5) is 0 Å². The molecule has 0 spiro atoms. The van der Waals surface area contributed by atoms with Crippen LogP contribution in [-0.2, 0) is 10.0 Å². The minimum absolute atomic E-state index is 0.0376. The number of carbonyl (C=O) groups is 1. The van der Waals surface area contributed by atoms with Crippen molar-refractivity contribution in [2.45, 2.75) is 62.4 Å². The molecule has 6 nitrogen and oxygen atoms in total. The number of alkyl halides is 1. The van der Waals surface area contributed by atoms with E-state index in [9.17, 15) is 13.2 Å². The number of benzene rings is 1. The van der Waals surface area contributed by atoms with Crippen molar-refractivity contribution < 1.29 is 13.2 Å². The van der Waals surface area contributed by atoms with E-state index in [1.165, 1.54) is 0 Å². The quantitative estimate of drug-likeness (QED) is 0.584. The summed E-state index contributed by atoms with van der Waals surface area (Å²) >= 11 is 3.83. The standard InChI is InChI=1S/C22H34BrN3O3S/c1-3-16-30(28,29)26-14-12-25(13-15-26)22(11-7-10-20(23)17-22)18(2)24-21(27)19-8-5-4-6-9-19/h4-6,8-9,18,20H,3,7,10-17H2,1-2H3,(H,24,27). The molecule has 3 unspecified atom stereocenters. The van der Waals surface area contributed by atoms with Crippen LogP contribution < -0.4 is 5.32 Å². The average Bonchev–Trinajstić information content (AvgIpc) is 2.74. The van der Waals surface area contributed by atoms with Gasteiger partial charge in [0.25, 0.3) is 5.91 Å². The molecule has 168 valence electrons. The third-order valence-corrected chi connectivity index (χ3v) is 9.47. The van der Waals surface area contributed by atoms with E-state index in [1.54, 1.807) is 4.31 Å². The van der Waals surface area contributed by atoms with Crippen LogP contribution >= 0.6 is 15.9 Å². The lowest BCUT2D eigenvalue weighted by atomic mass is 9.75. The zero-order chi connectivity index (χ0) is 21.8. The molecule has 1 saturated heterocycles. The first-order valence-electron chi connectivity index (χ1n) is 11.0. The van der Waals surface area contributed by atoms with Gasteiger partial charge in [0.1, 0.15) is 0 Å². The molecule has 30 heavy (non-hydrogen) atoms. The van der Waals surface area contributed by atoms with Crippen molar-refractivity contribution in [2.75, 3.05) is 31.9 Å². The van der Waals surface area contributed by atoms with Crippen LogP contribution in [0.25, 0.3) is 0 Å². The van der Waals surface area contributed by atoms with Gasteiger partial charge in [-0.25, -0.2) is 8.42 Å². The van der Waals surface area contributed by atoms with Crippen molar-refractivity contribution in [3.05, 3.63) is 35.9 Å². The fourth-order valence-electron chi connectivity index (χ4n) is 4.97. The van der Waals surface area contributed by atoms with Crippen LogP contribution in [0.3, 0.4) is 0 Å². The Hall–Kier alpha value is -0.960. The Kier molecular flexibility index (Phi) is 7.98. The Balaban J connectivity index is 1.75. The highest BCUT2D eigenvalue weighted by Gasteiger charge is 2.46. The first-order chi connectivity index (χ1) is 14.3. The zero-order valence-corrected chi connectivity index (χ0v) is 20.4. The van der Waals surface area contributed by atoms with Crippen molar-refractivity contribution in [1.29, 1.82) is 0 Å². The molecule has 3 rings (SSSR count). The number of piperazine rings is 1. The summed E-state index contributed by atoms with van der Waals surface area (Å²) in [6, 6.07) is 9.29. The van der Waals surface area contributed by atoms with E-state index in [-0.39, 0.29) is 23.2 Å². The number of nitrogens with one attached hydrogen (secondary N) is 1. The lowest BCUT2D eigenvalue weighted by molar-refractivity contribution is 0.00280. The van der Waals surface area contributed by atoms with Crippen molar-refractivity contribution in [2.24, 2.45) is 0 Å². The third kappa shape index (κ3) is 5.26. The van der Waals surface area contributed by atoms with Gasteiger partial charge in [0.05, 0.1) is 5.75 Å². The molecule has 1 N–H and O–H groups in total. The van der Waals surface area contributed by atoms with Gasteiger partial charge >= 0.3 is 0 Å². The van der Waals surface area contributed by atoms with Gasteiger partial charge < -0.3 is 5.32 Å². The molecule has 1 aliphatic heterocycles. The number of halogens is 1. The van der Waals surface area contributed by atoms with Gasteiger partial charge in [0.2, 0.25) is 10.0 Å². The molecular weight excluding hydrogens is 466 g/mol. The molecule has 1 heterocycles. The highest BCUT2D eigenvalue weighted by Crippen LogP contribution is 2.40. The summed E-state index contributed by atoms with van der Waals surface area (Å²) in [4.78, 5) is 15.7. The van der Waals surface area contributed by atoms with E-state index in [0.29, 0.717) is 43.0 Å². The predicted molar refractivity (Wildman–Crippen MR) is 125 cm³/mol. The number of carbonyl (C=O) groups excluding carboxylic acids is 1. The second kappa shape index (κ2) is 10.1. The molecule has 0 radical (unpaired) electrons.